The van der Waals surface area contributed by atoms with Gasteiger partial charge in [0, 0.05) is 30.2 Å². The minimum absolute atomic E-state index is 0.159. The van der Waals surface area contributed by atoms with Crippen LogP contribution in [-0.4, -0.2) is 10.6 Å². The van der Waals surface area contributed by atoms with Crippen LogP contribution in [-0.2, 0) is 13.5 Å². The smallest absolute Gasteiger partial charge is 0.123 e. The fourth-order valence-corrected chi connectivity index (χ4v) is 3.38. The number of benzene rings is 1. The lowest BCUT2D eigenvalue weighted by molar-refractivity contribution is 0.307. The maximum absolute atomic E-state index is 13.4. The fraction of sp³-hybridized carbons (Fsp3) is 0.500. The fourth-order valence-electron chi connectivity index (χ4n) is 3.38. The Morgan fingerprint density at radius 2 is 2.11 bits per heavy atom. The van der Waals surface area contributed by atoms with E-state index in [1.54, 1.807) is 6.07 Å². The topological polar surface area (TPSA) is 30.9 Å². The van der Waals surface area contributed by atoms with E-state index < -0.39 is 0 Å². The average molecular weight is 260 g/mol. The van der Waals surface area contributed by atoms with Crippen molar-refractivity contribution in [2.45, 2.75) is 38.1 Å². The molecular weight excluding hydrogens is 239 g/mol. The first-order valence-corrected chi connectivity index (χ1v) is 7.14. The summed E-state index contributed by atoms with van der Waals surface area (Å²) in [4.78, 5) is 0. The molecule has 2 nitrogen and oxygen atoms in total. The molecule has 1 saturated carbocycles. The van der Waals surface area contributed by atoms with Crippen LogP contribution in [0.5, 0.6) is 0 Å². The van der Waals surface area contributed by atoms with Gasteiger partial charge in [-0.15, -0.1) is 0 Å². The number of hydrogen-bond donors (Lipinski definition) is 1. The highest BCUT2D eigenvalue weighted by Crippen LogP contribution is 2.30. The molecule has 0 amide bonds. The van der Waals surface area contributed by atoms with Gasteiger partial charge in [-0.3, -0.25) is 0 Å². The Bertz CT molecular complexity index is 588. The van der Waals surface area contributed by atoms with Crippen molar-refractivity contribution >= 4 is 10.9 Å². The Morgan fingerprint density at radius 3 is 2.89 bits per heavy atom. The van der Waals surface area contributed by atoms with Crippen molar-refractivity contribution in [1.82, 2.24) is 4.57 Å². The molecule has 0 spiro atoms. The molecule has 2 N–H and O–H groups in total. The molecule has 1 aliphatic carbocycles. The van der Waals surface area contributed by atoms with Crippen LogP contribution < -0.4 is 5.73 Å². The van der Waals surface area contributed by atoms with E-state index in [0.717, 1.165) is 23.7 Å². The van der Waals surface area contributed by atoms with E-state index >= 15 is 0 Å². The summed E-state index contributed by atoms with van der Waals surface area (Å²) in [6, 6.07) is 5.34. The van der Waals surface area contributed by atoms with Crippen LogP contribution in [0, 0.1) is 11.7 Å². The number of halogens is 1. The zero-order valence-electron chi connectivity index (χ0n) is 11.4. The van der Waals surface area contributed by atoms with Crippen molar-refractivity contribution in [2.75, 3.05) is 0 Å². The van der Waals surface area contributed by atoms with Crippen molar-refractivity contribution in [3.63, 3.8) is 0 Å². The molecular formula is C16H21FN2. The normalized spacial score (nSPS) is 23.9. The molecule has 19 heavy (non-hydrogen) atoms. The molecule has 2 atom stereocenters. The molecule has 3 rings (SSSR count). The molecule has 102 valence electrons. The van der Waals surface area contributed by atoms with Crippen molar-refractivity contribution < 1.29 is 4.39 Å². The van der Waals surface area contributed by atoms with Crippen molar-refractivity contribution in [3.8, 4) is 0 Å². The van der Waals surface area contributed by atoms with Gasteiger partial charge in [-0.2, -0.15) is 0 Å². The second kappa shape index (κ2) is 4.97. The number of aryl methyl sites for hydroxylation is 1. The summed E-state index contributed by atoms with van der Waals surface area (Å²) in [6.07, 6.45) is 7.96. The zero-order chi connectivity index (χ0) is 13.4. The van der Waals surface area contributed by atoms with Gasteiger partial charge in [0.05, 0.1) is 0 Å². The minimum Gasteiger partial charge on any atom is -0.350 e. The molecule has 1 aromatic heterocycles. The standard InChI is InChI=1S/C16H21FN2/c1-19-10-12(8-11-4-2-3-5-15(11)18)14-9-13(17)6-7-16(14)19/h6-7,9-11,15H,2-5,8,18H2,1H3. The molecule has 3 heteroatoms. The van der Waals surface area contributed by atoms with Gasteiger partial charge in [0.25, 0.3) is 0 Å². The first-order chi connectivity index (χ1) is 9.15. The van der Waals surface area contributed by atoms with E-state index in [4.69, 9.17) is 5.73 Å². The quantitative estimate of drug-likeness (QED) is 0.881. The summed E-state index contributed by atoms with van der Waals surface area (Å²) >= 11 is 0. The lowest BCUT2D eigenvalue weighted by Crippen LogP contribution is -2.34. The Labute approximate surface area is 113 Å². The predicted molar refractivity (Wildman–Crippen MR) is 76.5 cm³/mol. The Morgan fingerprint density at radius 1 is 1.32 bits per heavy atom. The van der Waals surface area contributed by atoms with Crippen molar-refractivity contribution in [2.24, 2.45) is 18.7 Å². The first-order valence-electron chi connectivity index (χ1n) is 7.14. The molecule has 2 aromatic rings. The van der Waals surface area contributed by atoms with Gasteiger partial charge in [0.1, 0.15) is 5.82 Å². The van der Waals surface area contributed by atoms with Crippen LogP contribution in [0.2, 0.25) is 0 Å². The Hall–Kier alpha value is -1.35. The maximum atomic E-state index is 13.4. The highest BCUT2D eigenvalue weighted by Gasteiger charge is 2.23. The van der Waals surface area contributed by atoms with Crippen LogP contribution in [0.1, 0.15) is 31.2 Å². The highest BCUT2D eigenvalue weighted by molar-refractivity contribution is 5.84. The van der Waals surface area contributed by atoms with E-state index in [0.29, 0.717) is 12.0 Å². The summed E-state index contributed by atoms with van der Waals surface area (Å²) in [6.45, 7) is 0. The second-order valence-corrected chi connectivity index (χ2v) is 5.84. The van der Waals surface area contributed by atoms with E-state index in [-0.39, 0.29) is 5.82 Å². The van der Waals surface area contributed by atoms with Crippen LogP contribution in [0.25, 0.3) is 10.9 Å². The highest BCUT2D eigenvalue weighted by atomic mass is 19.1. The molecule has 0 aliphatic heterocycles. The Balaban J connectivity index is 1.94. The van der Waals surface area contributed by atoms with Gasteiger partial charge in [-0.25, -0.2) is 4.39 Å². The van der Waals surface area contributed by atoms with E-state index in [9.17, 15) is 4.39 Å². The number of fused-ring (bicyclic) bond motifs is 1. The molecule has 1 aliphatic rings. The summed E-state index contributed by atoms with van der Waals surface area (Å²) in [5, 5.41) is 1.04. The summed E-state index contributed by atoms with van der Waals surface area (Å²) in [7, 11) is 2.02. The van der Waals surface area contributed by atoms with Crippen LogP contribution >= 0.6 is 0 Å². The summed E-state index contributed by atoms with van der Waals surface area (Å²) in [5.74, 6) is 0.385. The molecule has 0 radical (unpaired) electrons. The summed E-state index contributed by atoms with van der Waals surface area (Å²) < 4.78 is 15.5. The molecule has 0 saturated heterocycles. The van der Waals surface area contributed by atoms with Gasteiger partial charge in [0.2, 0.25) is 0 Å². The number of rotatable bonds is 2. The van der Waals surface area contributed by atoms with Gasteiger partial charge in [0.15, 0.2) is 0 Å². The zero-order valence-corrected chi connectivity index (χ0v) is 11.4. The average Bonchev–Trinajstić information content (AvgIpc) is 2.69. The van der Waals surface area contributed by atoms with Crippen molar-refractivity contribution in [1.29, 1.82) is 0 Å². The molecule has 2 unspecified atom stereocenters. The largest absolute Gasteiger partial charge is 0.350 e. The van der Waals surface area contributed by atoms with Crippen LogP contribution in [0.15, 0.2) is 24.4 Å². The molecule has 1 aromatic carbocycles. The van der Waals surface area contributed by atoms with E-state index in [1.807, 2.05) is 13.1 Å². The van der Waals surface area contributed by atoms with E-state index in [2.05, 4.69) is 10.8 Å². The number of nitrogens with zero attached hydrogens (tertiary/aromatic N) is 1. The maximum Gasteiger partial charge on any atom is 0.123 e. The van der Waals surface area contributed by atoms with Gasteiger partial charge >= 0.3 is 0 Å². The third-order valence-electron chi connectivity index (χ3n) is 4.48. The molecule has 1 heterocycles. The van der Waals surface area contributed by atoms with Gasteiger partial charge in [-0.1, -0.05) is 12.8 Å². The van der Waals surface area contributed by atoms with Crippen LogP contribution in [0.4, 0.5) is 4.39 Å². The lowest BCUT2D eigenvalue weighted by atomic mass is 9.81. The van der Waals surface area contributed by atoms with Gasteiger partial charge < -0.3 is 10.3 Å². The molecule has 1 fully saturated rings. The monoisotopic (exact) mass is 260 g/mol. The third-order valence-corrected chi connectivity index (χ3v) is 4.48. The first kappa shape index (κ1) is 12.7. The Kier molecular flexibility index (Phi) is 3.31. The summed E-state index contributed by atoms with van der Waals surface area (Å²) in [5.41, 5.74) is 8.56. The van der Waals surface area contributed by atoms with Crippen LogP contribution in [0.3, 0.4) is 0 Å². The van der Waals surface area contributed by atoms with Crippen molar-refractivity contribution in [3.05, 3.63) is 35.8 Å². The minimum atomic E-state index is -0.159. The SMILES string of the molecule is Cn1cc(CC2CCCCC2N)c2cc(F)ccc21. The number of hydrogen-bond acceptors (Lipinski definition) is 1. The lowest BCUT2D eigenvalue weighted by Gasteiger charge is -2.28. The van der Waals surface area contributed by atoms with E-state index in [1.165, 1.54) is 30.9 Å². The number of nitrogens with two attached hydrogens (primary N) is 1. The third kappa shape index (κ3) is 2.39. The number of aromatic nitrogens is 1. The second-order valence-electron chi connectivity index (χ2n) is 5.84. The van der Waals surface area contributed by atoms with Gasteiger partial charge in [-0.05, 0) is 48.9 Å². The molecule has 0 bridgehead atoms. The predicted octanol–water partition coefficient (Wildman–Crippen LogP) is 3.38.